The lowest BCUT2D eigenvalue weighted by molar-refractivity contribution is -0.147. The first-order chi connectivity index (χ1) is 14.4. The second kappa shape index (κ2) is 5.51. The van der Waals surface area contributed by atoms with Crippen molar-refractivity contribution in [2.45, 2.75) is 30.2 Å². The zero-order chi connectivity index (χ0) is 20.8. The Balaban J connectivity index is 1.46. The van der Waals surface area contributed by atoms with E-state index in [-0.39, 0.29) is 18.4 Å². The van der Waals surface area contributed by atoms with Crippen LogP contribution >= 0.6 is 0 Å². The number of hydrogen-bond donors (Lipinski definition) is 5. The Morgan fingerprint density at radius 1 is 0.867 bits per heavy atom. The molecule has 3 saturated carbocycles. The number of aliphatic hydroxyl groups is 1. The van der Waals surface area contributed by atoms with E-state index in [0.717, 1.165) is 0 Å². The monoisotopic (exact) mass is 411 g/mol. The molecular weight excluding hydrogens is 390 g/mol. The largest absolute Gasteiger partial charge is 0.394 e. The van der Waals surface area contributed by atoms with Gasteiger partial charge in [-0.05, 0) is 18.4 Å². The second-order valence-corrected chi connectivity index (χ2v) is 8.77. The van der Waals surface area contributed by atoms with E-state index in [9.17, 15) is 24.3 Å². The van der Waals surface area contributed by atoms with Crippen LogP contribution in [0.1, 0.15) is 24.4 Å². The fourth-order valence-electron chi connectivity index (χ4n) is 6.78. The first-order valence-corrected chi connectivity index (χ1v) is 10.2. The van der Waals surface area contributed by atoms with Gasteiger partial charge in [-0.3, -0.25) is 14.5 Å². The summed E-state index contributed by atoms with van der Waals surface area (Å²) in [7, 11) is 0. The quantitative estimate of drug-likeness (QED) is 0.422. The fraction of sp³-hybridized carbons (Fsp3) is 0.500. The number of amides is 6. The van der Waals surface area contributed by atoms with Gasteiger partial charge in [0.2, 0.25) is 11.8 Å². The molecule has 3 heterocycles. The number of imide groups is 1. The summed E-state index contributed by atoms with van der Waals surface area (Å²) in [5.74, 6) is -2.92. The number of likely N-dealkylation sites (tertiary alicyclic amines) is 1. The lowest BCUT2D eigenvalue weighted by Gasteiger charge is -2.58. The molecule has 1 aromatic rings. The Morgan fingerprint density at radius 2 is 1.33 bits per heavy atom. The Kier molecular flexibility index (Phi) is 3.25. The second-order valence-electron chi connectivity index (χ2n) is 8.77. The Labute approximate surface area is 171 Å². The van der Waals surface area contributed by atoms with E-state index >= 15 is 0 Å². The SMILES string of the molecule is O=C1NC23NC(=O)NC2(N1)[C@H]1CC[C@@H]3[C@H]2C(=O)N([C@@H](CO)c3ccccc3)C(=O)[C@H]21. The lowest BCUT2D eigenvalue weighted by Crippen LogP contribution is -2.80. The molecule has 0 aromatic heterocycles. The van der Waals surface area contributed by atoms with Crippen molar-refractivity contribution >= 4 is 23.9 Å². The molecule has 6 fully saturated rings. The molecule has 0 unspecified atom stereocenters. The topological polar surface area (TPSA) is 140 Å². The van der Waals surface area contributed by atoms with Crippen LogP contribution in [0, 0.1) is 23.7 Å². The van der Waals surface area contributed by atoms with E-state index in [4.69, 9.17) is 0 Å². The average molecular weight is 411 g/mol. The normalized spacial score (nSPS) is 41.4. The molecule has 0 radical (unpaired) electrons. The summed E-state index contributed by atoms with van der Waals surface area (Å²) >= 11 is 0. The van der Waals surface area contributed by atoms with Crippen molar-refractivity contribution in [3.63, 3.8) is 0 Å². The molecule has 3 aliphatic carbocycles. The Bertz CT molecular complexity index is 925. The van der Waals surface area contributed by atoms with E-state index in [1.54, 1.807) is 24.3 Å². The molecular formula is C20H21N5O5. The number of benzene rings is 1. The van der Waals surface area contributed by atoms with E-state index in [1.807, 2.05) is 6.07 Å². The van der Waals surface area contributed by atoms with E-state index in [2.05, 4.69) is 21.3 Å². The third kappa shape index (κ3) is 1.79. The molecule has 156 valence electrons. The predicted octanol–water partition coefficient (Wildman–Crippen LogP) is -0.621. The molecule has 3 aliphatic heterocycles. The maximum atomic E-state index is 13.6. The summed E-state index contributed by atoms with van der Waals surface area (Å²) in [5.41, 5.74) is -1.63. The number of nitrogens with zero attached hydrogens (tertiary/aromatic N) is 1. The molecule has 6 amide bonds. The Hall–Kier alpha value is -3.14. The van der Waals surface area contributed by atoms with Crippen LogP contribution in [0.3, 0.4) is 0 Å². The number of carbonyl (C=O) groups is 4. The number of hydrogen-bond acceptors (Lipinski definition) is 5. The van der Waals surface area contributed by atoms with Crippen LogP contribution in [0.4, 0.5) is 9.59 Å². The van der Waals surface area contributed by atoms with Gasteiger partial charge in [-0.1, -0.05) is 30.3 Å². The van der Waals surface area contributed by atoms with Crippen molar-refractivity contribution in [2.24, 2.45) is 23.7 Å². The van der Waals surface area contributed by atoms with Crippen molar-refractivity contribution in [1.29, 1.82) is 0 Å². The zero-order valence-electron chi connectivity index (χ0n) is 15.9. The Morgan fingerprint density at radius 3 is 1.77 bits per heavy atom. The smallest absolute Gasteiger partial charge is 0.318 e. The maximum Gasteiger partial charge on any atom is 0.318 e. The highest BCUT2D eigenvalue weighted by Gasteiger charge is 2.81. The van der Waals surface area contributed by atoms with Gasteiger partial charge in [-0.2, -0.15) is 0 Å². The average Bonchev–Trinajstić information content (AvgIpc) is 3.29. The molecule has 2 bridgehead atoms. The molecule has 10 nitrogen and oxygen atoms in total. The highest BCUT2D eigenvalue weighted by Crippen LogP contribution is 2.62. The molecule has 6 aliphatic rings. The van der Waals surface area contributed by atoms with Gasteiger partial charge < -0.3 is 26.4 Å². The summed E-state index contributed by atoms with van der Waals surface area (Å²) < 4.78 is 0. The number of carbonyl (C=O) groups excluding carboxylic acids is 4. The van der Waals surface area contributed by atoms with Gasteiger partial charge in [0.15, 0.2) is 11.3 Å². The van der Waals surface area contributed by atoms with Crippen molar-refractivity contribution in [1.82, 2.24) is 26.2 Å². The van der Waals surface area contributed by atoms with E-state index in [0.29, 0.717) is 18.4 Å². The molecule has 30 heavy (non-hydrogen) atoms. The van der Waals surface area contributed by atoms with Crippen LogP contribution in [0.5, 0.6) is 0 Å². The number of urea groups is 2. The van der Waals surface area contributed by atoms with E-state index < -0.39 is 53.1 Å². The minimum absolute atomic E-state index is 0.354. The molecule has 3 saturated heterocycles. The van der Waals surface area contributed by atoms with Crippen LogP contribution < -0.4 is 21.3 Å². The third-order valence-corrected chi connectivity index (χ3v) is 7.73. The summed E-state index contributed by atoms with van der Waals surface area (Å²) in [5, 5.41) is 21.4. The fourth-order valence-corrected chi connectivity index (χ4v) is 6.78. The third-order valence-electron chi connectivity index (χ3n) is 7.73. The highest BCUT2D eigenvalue weighted by atomic mass is 16.3. The summed E-state index contributed by atoms with van der Waals surface area (Å²) in [6, 6.07) is 7.34. The minimum Gasteiger partial charge on any atom is -0.394 e. The van der Waals surface area contributed by atoms with Gasteiger partial charge in [-0.15, -0.1) is 0 Å². The van der Waals surface area contributed by atoms with Gasteiger partial charge in [-0.25, -0.2) is 9.59 Å². The summed E-state index contributed by atoms with van der Waals surface area (Å²) in [6.45, 7) is -0.378. The number of fused-ring (bicyclic) bond motifs is 1. The van der Waals surface area contributed by atoms with Crippen LogP contribution in [0.25, 0.3) is 0 Å². The molecule has 5 N–H and O–H groups in total. The number of rotatable bonds is 3. The van der Waals surface area contributed by atoms with Gasteiger partial charge in [0, 0.05) is 11.8 Å². The molecule has 7 rings (SSSR count). The first kappa shape index (κ1) is 17.7. The van der Waals surface area contributed by atoms with Gasteiger partial charge in [0.1, 0.15) is 0 Å². The molecule has 1 aromatic carbocycles. The van der Waals surface area contributed by atoms with Gasteiger partial charge in [0.05, 0.1) is 24.5 Å². The molecule has 5 atom stereocenters. The zero-order valence-corrected chi connectivity index (χ0v) is 15.9. The molecule has 0 spiro atoms. The standard InChI is InChI=1S/C20H21N5O5/c26-8-12(9-4-2-1-3-5-9)25-15(27)13-10-6-7-11(14(13)16(25)28)20-19(10,21-17(29)23-20)22-18(30)24-20/h1-5,10-14,26H,6-8H2,(H2,21,23,29)(H2,22,24,30)/t10-,11+,12-,13-,14+,19?,20?/m0/s1. The number of aliphatic hydroxyl groups excluding tert-OH is 1. The molecule has 10 heteroatoms. The predicted molar refractivity (Wildman–Crippen MR) is 100 cm³/mol. The summed E-state index contributed by atoms with van der Waals surface area (Å²) in [6.07, 6.45) is 1.19. The lowest BCUT2D eigenvalue weighted by atomic mass is 9.50. The van der Waals surface area contributed by atoms with Crippen molar-refractivity contribution in [2.75, 3.05) is 6.61 Å². The van der Waals surface area contributed by atoms with E-state index in [1.165, 1.54) is 4.90 Å². The number of nitrogens with one attached hydrogen (secondary N) is 4. The van der Waals surface area contributed by atoms with Gasteiger partial charge in [0.25, 0.3) is 0 Å². The van der Waals surface area contributed by atoms with Crippen LogP contribution in [-0.4, -0.2) is 51.8 Å². The van der Waals surface area contributed by atoms with Crippen molar-refractivity contribution in [3.05, 3.63) is 35.9 Å². The highest BCUT2D eigenvalue weighted by molar-refractivity contribution is 6.07. The maximum absolute atomic E-state index is 13.6. The van der Waals surface area contributed by atoms with Crippen LogP contribution in [-0.2, 0) is 9.59 Å². The van der Waals surface area contributed by atoms with Crippen molar-refractivity contribution < 1.29 is 24.3 Å². The minimum atomic E-state index is -1.15. The van der Waals surface area contributed by atoms with Gasteiger partial charge >= 0.3 is 12.1 Å². The van der Waals surface area contributed by atoms with Crippen molar-refractivity contribution in [3.8, 4) is 0 Å². The first-order valence-electron chi connectivity index (χ1n) is 10.2. The summed E-state index contributed by atoms with van der Waals surface area (Å²) in [4.78, 5) is 52.9. The van der Waals surface area contributed by atoms with Crippen LogP contribution in [0.15, 0.2) is 30.3 Å². The van der Waals surface area contributed by atoms with Crippen LogP contribution in [0.2, 0.25) is 0 Å².